The van der Waals surface area contributed by atoms with Crippen molar-refractivity contribution in [3.05, 3.63) is 89.8 Å². The van der Waals surface area contributed by atoms with Crippen molar-refractivity contribution in [2.45, 2.75) is 19.1 Å². The first kappa shape index (κ1) is 23.1. The molecule has 6 nitrogen and oxygen atoms in total. The van der Waals surface area contributed by atoms with Gasteiger partial charge in [0.25, 0.3) is 0 Å². The molecule has 10 heteroatoms. The molecule has 0 aliphatic carbocycles. The maximum absolute atomic E-state index is 13.8. The van der Waals surface area contributed by atoms with Crippen LogP contribution in [0.1, 0.15) is 16.8 Å². The second-order valence-corrected chi connectivity index (χ2v) is 8.81. The zero-order chi connectivity index (χ0) is 25.6. The molecule has 186 valence electrons. The fourth-order valence-corrected chi connectivity index (χ4v) is 4.56. The van der Waals surface area contributed by atoms with Crippen molar-refractivity contribution in [1.82, 2.24) is 25.3 Å². The molecule has 1 aliphatic heterocycles. The van der Waals surface area contributed by atoms with Crippen molar-refractivity contribution in [3.63, 3.8) is 0 Å². The number of halogens is 4. The van der Waals surface area contributed by atoms with Crippen LogP contribution in [0.15, 0.2) is 67.1 Å². The molecule has 6 rings (SSSR count). The van der Waals surface area contributed by atoms with E-state index in [0.29, 0.717) is 39.2 Å². The maximum atomic E-state index is 13.8. The molecule has 2 aromatic carbocycles. The molecule has 0 unspecified atom stereocenters. The van der Waals surface area contributed by atoms with E-state index in [1.807, 2.05) is 6.07 Å². The average molecular weight is 504 g/mol. The first-order valence-corrected chi connectivity index (χ1v) is 11.6. The number of anilines is 2. The summed E-state index contributed by atoms with van der Waals surface area (Å²) in [5.41, 5.74) is 4.96. The van der Waals surface area contributed by atoms with Gasteiger partial charge in [-0.3, -0.25) is 4.98 Å². The number of aromatic nitrogens is 4. The van der Waals surface area contributed by atoms with Crippen molar-refractivity contribution >= 4 is 22.5 Å². The number of aromatic amines is 1. The molecule has 0 saturated carbocycles. The number of nitrogens with zero attached hydrogens (tertiary/aromatic N) is 3. The van der Waals surface area contributed by atoms with Crippen LogP contribution in [0, 0.1) is 5.82 Å². The third-order valence-corrected chi connectivity index (χ3v) is 6.40. The van der Waals surface area contributed by atoms with Crippen LogP contribution in [-0.4, -0.2) is 26.5 Å². The molecule has 3 aromatic heterocycles. The summed E-state index contributed by atoms with van der Waals surface area (Å²) < 4.78 is 53.0. The van der Waals surface area contributed by atoms with Crippen LogP contribution >= 0.6 is 0 Å². The highest BCUT2D eigenvalue weighted by Crippen LogP contribution is 2.36. The van der Waals surface area contributed by atoms with E-state index in [1.165, 1.54) is 29.3 Å². The summed E-state index contributed by atoms with van der Waals surface area (Å²) in [4.78, 5) is 15.8. The van der Waals surface area contributed by atoms with E-state index in [1.54, 1.807) is 18.5 Å². The molecule has 1 aliphatic rings. The molecular formula is C27H20F4N6. The van der Waals surface area contributed by atoms with E-state index in [-0.39, 0.29) is 5.82 Å². The summed E-state index contributed by atoms with van der Waals surface area (Å²) >= 11 is 0. The van der Waals surface area contributed by atoms with Crippen LogP contribution in [0.5, 0.6) is 0 Å². The Morgan fingerprint density at radius 1 is 0.892 bits per heavy atom. The van der Waals surface area contributed by atoms with Crippen molar-refractivity contribution in [2.75, 3.05) is 11.9 Å². The standard InChI is InChI=1S/C27H20F4N6/c28-18-3-5-20-22(14-33-23(20)10-18)25-21(17-2-6-24(34-12-17)27(29,30)31)13-35-26(37-25)36-19-4-1-16-11-32-8-7-15(16)9-19/h1-6,9-10,12-14,32-33H,7-8,11H2,(H,35,36,37). The van der Waals surface area contributed by atoms with Crippen LogP contribution < -0.4 is 10.6 Å². The van der Waals surface area contributed by atoms with Gasteiger partial charge in [-0.1, -0.05) is 12.1 Å². The van der Waals surface area contributed by atoms with Crippen LogP contribution in [0.25, 0.3) is 33.3 Å². The number of benzene rings is 2. The number of nitrogens with one attached hydrogen (secondary N) is 3. The topological polar surface area (TPSA) is 78.5 Å². The lowest BCUT2D eigenvalue weighted by Crippen LogP contribution is -2.23. The summed E-state index contributed by atoms with van der Waals surface area (Å²) in [5.74, 6) is -0.0651. The molecule has 0 spiro atoms. The van der Waals surface area contributed by atoms with Gasteiger partial charge >= 0.3 is 6.18 Å². The number of hydrogen-bond acceptors (Lipinski definition) is 5. The average Bonchev–Trinajstić information content (AvgIpc) is 3.31. The summed E-state index contributed by atoms with van der Waals surface area (Å²) in [5, 5.41) is 7.31. The van der Waals surface area contributed by atoms with Gasteiger partial charge < -0.3 is 15.6 Å². The van der Waals surface area contributed by atoms with Crippen LogP contribution in [0.2, 0.25) is 0 Å². The number of fused-ring (bicyclic) bond motifs is 2. The number of pyridine rings is 1. The molecule has 4 heterocycles. The highest BCUT2D eigenvalue weighted by molar-refractivity contribution is 5.98. The molecule has 0 saturated heterocycles. The monoisotopic (exact) mass is 504 g/mol. The lowest BCUT2D eigenvalue weighted by atomic mass is 10.0. The fraction of sp³-hybridized carbons (Fsp3) is 0.148. The molecule has 0 radical (unpaired) electrons. The molecule has 0 atom stereocenters. The van der Waals surface area contributed by atoms with Gasteiger partial charge in [0.05, 0.1) is 5.69 Å². The SMILES string of the molecule is Fc1ccc2c(-c3nc(Nc4ccc5c(c4)CCNC5)ncc3-c3ccc(C(F)(F)F)nc3)c[nH]c2c1. The first-order valence-electron chi connectivity index (χ1n) is 11.6. The molecule has 0 fully saturated rings. The van der Waals surface area contributed by atoms with Gasteiger partial charge in [-0.15, -0.1) is 0 Å². The van der Waals surface area contributed by atoms with Crippen molar-refractivity contribution in [1.29, 1.82) is 0 Å². The molecule has 0 amide bonds. The Balaban J connectivity index is 1.44. The fourth-order valence-electron chi connectivity index (χ4n) is 4.56. The van der Waals surface area contributed by atoms with Gasteiger partial charge in [0.1, 0.15) is 11.5 Å². The Labute approximate surface area is 208 Å². The highest BCUT2D eigenvalue weighted by Gasteiger charge is 2.32. The molecule has 0 bridgehead atoms. The molecule has 5 aromatic rings. The van der Waals surface area contributed by atoms with Crippen LogP contribution in [-0.2, 0) is 19.1 Å². The predicted molar refractivity (Wildman–Crippen MR) is 133 cm³/mol. The smallest absolute Gasteiger partial charge is 0.360 e. The minimum atomic E-state index is -4.54. The zero-order valence-corrected chi connectivity index (χ0v) is 19.3. The van der Waals surface area contributed by atoms with E-state index in [9.17, 15) is 17.6 Å². The van der Waals surface area contributed by atoms with Crippen molar-refractivity contribution < 1.29 is 17.6 Å². The van der Waals surface area contributed by atoms with Crippen LogP contribution in [0.3, 0.4) is 0 Å². The minimum Gasteiger partial charge on any atom is -0.360 e. The van der Waals surface area contributed by atoms with E-state index >= 15 is 0 Å². The van der Waals surface area contributed by atoms with Crippen LogP contribution in [0.4, 0.5) is 29.2 Å². The molecular weight excluding hydrogens is 484 g/mol. The van der Waals surface area contributed by atoms with Gasteiger partial charge in [-0.2, -0.15) is 13.2 Å². The predicted octanol–water partition coefficient (Wildman–Crippen LogP) is 6.23. The third-order valence-electron chi connectivity index (χ3n) is 6.40. The van der Waals surface area contributed by atoms with Crippen molar-refractivity contribution in [2.24, 2.45) is 0 Å². The van der Waals surface area contributed by atoms with Gasteiger partial charge in [0.15, 0.2) is 0 Å². The van der Waals surface area contributed by atoms with E-state index in [0.717, 1.165) is 37.5 Å². The van der Waals surface area contributed by atoms with Crippen molar-refractivity contribution in [3.8, 4) is 22.4 Å². The van der Waals surface area contributed by atoms with Gasteiger partial charge in [0, 0.05) is 58.4 Å². The van der Waals surface area contributed by atoms with Gasteiger partial charge in [-0.25, -0.2) is 14.4 Å². The Morgan fingerprint density at radius 3 is 2.59 bits per heavy atom. The van der Waals surface area contributed by atoms with Gasteiger partial charge in [0.2, 0.25) is 5.95 Å². The number of rotatable bonds is 4. The Morgan fingerprint density at radius 2 is 1.78 bits per heavy atom. The second kappa shape index (κ2) is 8.97. The Hall–Kier alpha value is -4.31. The summed E-state index contributed by atoms with van der Waals surface area (Å²) in [6.07, 6.45) is 0.785. The largest absolute Gasteiger partial charge is 0.433 e. The highest BCUT2D eigenvalue weighted by atomic mass is 19.4. The lowest BCUT2D eigenvalue weighted by Gasteiger charge is -2.18. The molecule has 37 heavy (non-hydrogen) atoms. The first-order chi connectivity index (χ1) is 17.8. The van der Waals surface area contributed by atoms with E-state index in [2.05, 4.69) is 37.7 Å². The summed E-state index contributed by atoms with van der Waals surface area (Å²) in [6, 6.07) is 12.7. The Kier molecular flexibility index (Phi) is 5.60. The van der Waals surface area contributed by atoms with E-state index in [4.69, 9.17) is 4.98 Å². The maximum Gasteiger partial charge on any atom is 0.433 e. The quantitative estimate of drug-likeness (QED) is 0.253. The normalized spacial score (nSPS) is 13.5. The number of hydrogen-bond donors (Lipinski definition) is 3. The number of H-pyrrole nitrogens is 1. The summed E-state index contributed by atoms with van der Waals surface area (Å²) in [6.45, 7) is 1.74. The zero-order valence-electron chi connectivity index (χ0n) is 19.3. The minimum absolute atomic E-state index is 0.323. The third kappa shape index (κ3) is 4.51. The van der Waals surface area contributed by atoms with E-state index < -0.39 is 11.9 Å². The summed E-state index contributed by atoms with van der Waals surface area (Å²) in [7, 11) is 0. The molecule has 3 N–H and O–H groups in total. The second-order valence-electron chi connectivity index (χ2n) is 8.81. The Bertz CT molecular complexity index is 1610. The number of alkyl halides is 3. The van der Waals surface area contributed by atoms with Gasteiger partial charge in [-0.05, 0) is 60.5 Å². The lowest BCUT2D eigenvalue weighted by molar-refractivity contribution is -0.141.